The molecule has 0 unspecified atom stereocenters. The number of hydrogen-bond acceptors (Lipinski definition) is 2. The molecule has 0 atom stereocenters. The predicted molar refractivity (Wildman–Crippen MR) is 74.2 cm³/mol. The van der Waals surface area contributed by atoms with Crippen LogP contribution >= 0.6 is 23.2 Å². The van der Waals surface area contributed by atoms with E-state index >= 15 is 0 Å². The fourth-order valence-electron chi connectivity index (χ4n) is 1.53. The maximum Gasteiger partial charge on any atom is 0.0998 e. The molecule has 0 aliphatic carbocycles. The summed E-state index contributed by atoms with van der Waals surface area (Å²) in [6.45, 7) is 0. The minimum Gasteiger partial charge on any atom is -0.264 e. The van der Waals surface area contributed by atoms with Crippen LogP contribution in [0.1, 0.15) is 11.1 Å². The van der Waals surface area contributed by atoms with E-state index in [2.05, 4.69) is 11.1 Å². The van der Waals surface area contributed by atoms with Gasteiger partial charge in [-0.15, -0.1) is 0 Å². The highest BCUT2D eigenvalue weighted by molar-refractivity contribution is 6.34. The third-order valence-corrected chi connectivity index (χ3v) is 2.73. The third-order valence-electron chi connectivity index (χ3n) is 2.29. The first-order chi connectivity index (χ1) is 8.69. The van der Waals surface area contributed by atoms with Crippen molar-refractivity contribution in [1.29, 1.82) is 5.26 Å². The summed E-state index contributed by atoms with van der Waals surface area (Å²) in [5.41, 5.74) is 2.06. The number of hydrogen-bond donors (Lipinski definition) is 0. The Kier molecular flexibility index (Phi) is 3.99. The standard InChI is InChI=1S/C14H8Cl2N2/c15-13-5-10(6-14(16)7-13)4-12(8-17)11-2-1-3-18-9-11/h1-7,9H/b12-4+. The zero-order valence-electron chi connectivity index (χ0n) is 9.27. The van der Waals surface area contributed by atoms with Gasteiger partial charge in [0.2, 0.25) is 0 Å². The van der Waals surface area contributed by atoms with E-state index in [1.165, 1.54) is 0 Å². The molecule has 0 saturated carbocycles. The average molecular weight is 275 g/mol. The first kappa shape index (κ1) is 12.6. The lowest BCUT2D eigenvalue weighted by molar-refractivity contribution is 1.31. The second-order valence-electron chi connectivity index (χ2n) is 3.61. The minimum atomic E-state index is 0.515. The molecule has 0 saturated heterocycles. The van der Waals surface area contributed by atoms with Crippen molar-refractivity contribution in [3.8, 4) is 6.07 Å². The van der Waals surface area contributed by atoms with Gasteiger partial charge in [0, 0.05) is 28.0 Å². The summed E-state index contributed by atoms with van der Waals surface area (Å²) in [7, 11) is 0. The maximum absolute atomic E-state index is 9.17. The Hall–Kier alpha value is -1.82. The monoisotopic (exact) mass is 274 g/mol. The summed E-state index contributed by atoms with van der Waals surface area (Å²) in [6, 6.07) is 10.9. The van der Waals surface area contributed by atoms with E-state index in [0.29, 0.717) is 15.6 Å². The van der Waals surface area contributed by atoms with E-state index in [1.807, 2.05) is 6.07 Å². The zero-order chi connectivity index (χ0) is 13.0. The summed E-state index contributed by atoms with van der Waals surface area (Å²) >= 11 is 11.8. The molecule has 2 aromatic rings. The fraction of sp³-hybridized carbons (Fsp3) is 0. The lowest BCUT2D eigenvalue weighted by atomic mass is 10.1. The van der Waals surface area contributed by atoms with E-state index in [4.69, 9.17) is 28.5 Å². The van der Waals surface area contributed by atoms with Crippen molar-refractivity contribution in [2.24, 2.45) is 0 Å². The molecule has 4 heteroatoms. The quantitative estimate of drug-likeness (QED) is 0.759. The summed E-state index contributed by atoms with van der Waals surface area (Å²) in [5, 5.41) is 10.2. The molecule has 0 aliphatic heterocycles. The second kappa shape index (κ2) is 5.68. The van der Waals surface area contributed by atoms with Crippen LogP contribution < -0.4 is 0 Å². The fourth-order valence-corrected chi connectivity index (χ4v) is 2.07. The second-order valence-corrected chi connectivity index (χ2v) is 4.49. The van der Waals surface area contributed by atoms with Crippen LogP contribution in [0.25, 0.3) is 11.6 Å². The van der Waals surface area contributed by atoms with Gasteiger partial charge in [-0.05, 0) is 35.9 Å². The summed E-state index contributed by atoms with van der Waals surface area (Å²) in [4.78, 5) is 3.99. The molecule has 88 valence electrons. The van der Waals surface area contributed by atoms with Gasteiger partial charge in [0.1, 0.15) is 0 Å². The van der Waals surface area contributed by atoms with E-state index in [-0.39, 0.29) is 0 Å². The van der Waals surface area contributed by atoms with Crippen LogP contribution in [0.3, 0.4) is 0 Å². The van der Waals surface area contributed by atoms with Crippen LogP contribution in [0.4, 0.5) is 0 Å². The van der Waals surface area contributed by atoms with Gasteiger partial charge in [0.05, 0.1) is 11.6 Å². The molecule has 0 fully saturated rings. The summed E-state index contributed by atoms with van der Waals surface area (Å²) < 4.78 is 0. The largest absolute Gasteiger partial charge is 0.264 e. The Bertz CT molecular complexity index is 608. The topological polar surface area (TPSA) is 36.7 Å². The van der Waals surface area contributed by atoms with Crippen molar-refractivity contribution in [2.45, 2.75) is 0 Å². The SMILES string of the molecule is N#C/C(=C\c1cc(Cl)cc(Cl)c1)c1cccnc1. The molecule has 2 rings (SSSR count). The molecule has 0 spiro atoms. The van der Waals surface area contributed by atoms with Gasteiger partial charge in [-0.25, -0.2) is 0 Å². The van der Waals surface area contributed by atoms with Crippen LogP contribution in [-0.2, 0) is 0 Å². The van der Waals surface area contributed by atoms with Crippen molar-refractivity contribution < 1.29 is 0 Å². The number of allylic oxidation sites excluding steroid dienone is 1. The lowest BCUT2D eigenvalue weighted by Gasteiger charge is -2.00. The van der Waals surface area contributed by atoms with Gasteiger partial charge in [-0.2, -0.15) is 5.26 Å². The predicted octanol–water partition coefficient (Wildman–Crippen LogP) is 4.45. The molecule has 0 N–H and O–H groups in total. The zero-order valence-corrected chi connectivity index (χ0v) is 10.8. The number of benzene rings is 1. The van der Waals surface area contributed by atoms with Crippen molar-refractivity contribution in [3.05, 3.63) is 63.9 Å². The van der Waals surface area contributed by atoms with E-state index < -0.39 is 0 Å². The average Bonchev–Trinajstić information content (AvgIpc) is 2.36. The Balaban J connectivity index is 2.45. The molecule has 0 bridgehead atoms. The highest BCUT2D eigenvalue weighted by atomic mass is 35.5. The summed E-state index contributed by atoms with van der Waals surface area (Å²) in [5.74, 6) is 0. The molecule has 1 heterocycles. The van der Waals surface area contributed by atoms with Gasteiger partial charge in [-0.3, -0.25) is 4.98 Å². The number of nitrogens with zero attached hydrogens (tertiary/aromatic N) is 2. The first-order valence-corrected chi connectivity index (χ1v) is 5.93. The lowest BCUT2D eigenvalue weighted by Crippen LogP contribution is -1.83. The van der Waals surface area contributed by atoms with E-state index in [1.54, 1.807) is 42.7 Å². The van der Waals surface area contributed by atoms with Crippen molar-refractivity contribution in [2.75, 3.05) is 0 Å². The Morgan fingerprint density at radius 2 is 1.94 bits per heavy atom. The Labute approximate surface area is 115 Å². The highest BCUT2D eigenvalue weighted by Gasteiger charge is 2.02. The maximum atomic E-state index is 9.17. The van der Waals surface area contributed by atoms with Crippen molar-refractivity contribution in [1.82, 2.24) is 4.98 Å². The van der Waals surface area contributed by atoms with Gasteiger partial charge >= 0.3 is 0 Å². The normalized spacial score (nSPS) is 11.1. The number of aromatic nitrogens is 1. The molecular weight excluding hydrogens is 267 g/mol. The van der Waals surface area contributed by atoms with Crippen LogP contribution in [0.2, 0.25) is 10.0 Å². The highest BCUT2D eigenvalue weighted by Crippen LogP contribution is 2.23. The van der Waals surface area contributed by atoms with E-state index in [0.717, 1.165) is 11.1 Å². The molecule has 0 amide bonds. The first-order valence-electron chi connectivity index (χ1n) is 5.17. The number of pyridine rings is 1. The Morgan fingerprint density at radius 1 is 1.22 bits per heavy atom. The third kappa shape index (κ3) is 3.10. The molecule has 2 nitrogen and oxygen atoms in total. The van der Waals surface area contributed by atoms with Gasteiger partial charge in [-0.1, -0.05) is 29.3 Å². The number of rotatable bonds is 2. The molecule has 1 aromatic carbocycles. The van der Waals surface area contributed by atoms with Crippen LogP contribution in [-0.4, -0.2) is 4.98 Å². The van der Waals surface area contributed by atoms with Gasteiger partial charge in [0.25, 0.3) is 0 Å². The van der Waals surface area contributed by atoms with Crippen LogP contribution in [0.15, 0.2) is 42.7 Å². The van der Waals surface area contributed by atoms with Crippen LogP contribution in [0.5, 0.6) is 0 Å². The smallest absolute Gasteiger partial charge is 0.0998 e. The number of halogens is 2. The molecule has 0 aliphatic rings. The molecular formula is C14H8Cl2N2. The van der Waals surface area contributed by atoms with E-state index in [9.17, 15) is 0 Å². The van der Waals surface area contributed by atoms with Gasteiger partial charge < -0.3 is 0 Å². The van der Waals surface area contributed by atoms with Crippen molar-refractivity contribution >= 4 is 34.9 Å². The molecule has 0 radical (unpaired) electrons. The molecule has 18 heavy (non-hydrogen) atoms. The van der Waals surface area contributed by atoms with Gasteiger partial charge in [0.15, 0.2) is 0 Å². The Morgan fingerprint density at radius 3 is 2.50 bits per heavy atom. The molecule has 1 aromatic heterocycles. The van der Waals surface area contributed by atoms with Crippen LogP contribution in [0, 0.1) is 11.3 Å². The van der Waals surface area contributed by atoms with Crippen molar-refractivity contribution in [3.63, 3.8) is 0 Å². The number of nitriles is 1. The summed E-state index contributed by atoms with van der Waals surface area (Å²) in [6.07, 6.45) is 5.03. The minimum absolute atomic E-state index is 0.515.